The van der Waals surface area contributed by atoms with Gasteiger partial charge in [-0.05, 0) is 31.6 Å². The molecule has 2 atom stereocenters. The first-order chi connectivity index (χ1) is 5.19. The SMILES string of the molecule is O=C1C2CC3CC1CC3(F)C2. The van der Waals surface area contributed by atoms with Crippen LogP contribution in [0.4, 0.5) is 4.39 Å². The number of alkyl halides is 1. The van der Waals surface area contributed by atoms with Gasteiger partial charge < -0.3 is 0 Å². The molecule has 4 fully saturated rings. The second-order valence-corrected chi connectivity index (χ2v) is 4.41. The van der Waals surface area contributed by atoms with E-state index in [1.54, 1.807) is 0 Å². The van der Waals surface area contributed by atoms with Crippen molar-refractivity contribution in [3.05, 3.63) is 0 Å². The van der Waals surface area contributed by atoms with E-state index in [-0.39, 0.29) is 17.8 Å². The molecule has 4 rings (SSSR count). The summed E-state index contributed by atoms with van der Waals surface area (Å²) in [5, 5.41) is 0. The van der Waals surface area contributed by atoms with Crippen LogP contribution >= 0.6 is 0 Å². The average Bonchev–Trinajstić information content (AvgIpc) is 2.31. The molecule has 4 aliphatic rings. The zero-order valence-electron chi connectivity index (χ0n) is 6.35. The lowest BCUT2D eigenvalue weighted by molar-refractivity contribution is -0.129. The Kier molecular flexibility index (Phi) is 0.851. The van der Waals surface area contributed by atoms with Gasteiger partial charge in [0.25, 0.3) is 0 Å². The Morgan fingerprint density at radius 3 is 2.27 bits per heavy atom. The molecule has 60 valence electrons. The third-order valence-electron chi connectivity index (χ3n) is 3.85. The molecule has 0 radical (unpaired) electrons. The van der Waals surface area contributed by atoms with Crippen LogP contribution in [-0.2, 0) is 4.79 Å². The van der Waals surface area contributed by atoms with E-state index in [2.05, 4.69) is 0 Å². The summed E-state index contributed by atoms with van der Waals surface area (Å²) < 4.78 is 13.8. The largest absolute Gasteiger partial charge is 0.299 e. The molecule has 1 nitrogen and oxygen atoms in total. The van der Waals surface area contributed by atoms with E-state index < -0.39 is 5.67 Å². The number of carbonyl (C=O) groups excluding carboxylic acids is 1. The summed E-state index contributed by atoms with van der Waals surface area (Å²) in [4.78, 5) is 11.4. The highest BCUT2D eigenvalue weighted by molar-refractivity contribution is 5.86. The van der Waals surface area contributed by atoms with Gasteiger partial charge in [0.1, 0.15) is 11.5 Å². The minimum absolute atomic E-state index is 0.109. The van der Waals surface area contributed by atoms with Crippen LogP contribution in [0.3, 0.4) is 0 Å². The number of ketones is 1. The first kappa shape index (κ1) is 6.15. The number of Topliss-reactive ketones (excluding diaryl/α,β-unsaturated/α-hetero) is 1. The summed E-state index contributed by atoms with van der Waals surface area (Å²) >= 11 is 0. The summed E-state index contributed by atoms with van der Waals surface area (Å²) in [5.74, 6) is 0.831. The van der Waals surface area contributed by atoms with E-state index in [0.29, 0.717) is 18.6 Å². The van der Waals surface area contributed by atoms with Crippen molar-refractivity contribution in [1.29, 1.82) is 0 Å². The lowest BCUT2D eigenvalue weighted by Gasteiger charge is -2.24. The Labute approximate surface area is 65.0 Å². The molecule has 11 heavy (non-hydrogen) atoms. The Bertz CT molecular complexity index is 218. The standard InChI is InChI=1S/C9H11FO/c10-9-3-5-1-7(9)2-6(4-9)8(5)11/h5-7H,1-4H2. The fourth-order valence-electron chi connectivity index (χ4n) is 3.37. The maximum Gasteiger partial charge on any atom is 0.139 e. The van der Waals surface area contributed by atoms with Gasteiger partial charge in [0.15, 0.2) is 0 Å². The molecule has 0 aromatic rings. The molecule has 0 amide bonds. The van der Waals surface area contributed by atoms with Crippen LogP contribution in [0.15, 0.2) is 0 Å². The lowest BCUT2D eigenvalue weighted by Crippen LogP contribution is -2.30. The zero-order valence-corrected chi connectivity index (χ0v) is 6.35. The maximum atomic E-state index is 13.8. The van der Waals surface area contributed by atoms with Gasteiger partial charge in [-0.25, -0.2) is 4.39 Å². The molecular formula is C9H11FO. The molecule has 4 aliphatic carbocycles. The third-order valence-corrected chi connectivity index (χ3v) is 3.85. The predicted octanol–water partition coefficient (Wildman–Crippen LogP) is 1.71. The summed E-state index contributed by atoms with van der Waals surface area (Å²) in [6.07, 6.45) is 2.80. The first-order valence-corrected chi connectivity index (χ1v) is 4.42. The van der Waals surface area contributed by atoms with Gasteiger partial charge in [0, 0.05) is 11.8 Å². The van der Waals surface area contributed by atoms with Crippen molar-refractivity contribution in [2.75, 3.05) is 0 Å². The number of halogens is 1. The van der Waals surface area contributed by atoms with Gasteiger partial charge in [-0.1, -0.05) is 0 Å². The Morgan fingerprint density at radius 1 is 1.27 bits per heavy atom. The lowest BCUT2D eigenvalue weighted by atomic mass is 9.80. The van der Waals surface area contributed by atoms with Gasteiger partial charge in [0.05, 0.1) is 0 Å². The van der Waals surface area contributed by atoms with Crippen molar-refractivity contribution in [3.8, 4) is 0 Å². The molecule has 0 aromatic heterocycles. The fraction of sp³-hybridized carbons (Fsp3) is 0.889. The summed E-state index contributed by atoms with van der Waals surface area (Å²) in [6, 6.07) is 0. The van der Waals surface area contributed by atoms with Crippen molar-refractivity contribution in [2.45, 2.75) is 31.4 Å². The van der Waals surface area contributed by atoms with E-state index in [1.807, 2.05) is 0 Å². The highest BCUT2D eigenvalue weighted by Crippen LogP contribution is 2.60. The van der Waals surface area contributed by atoms with Crippen LogP contribution in [-0.4, -0.2) is 11.5 Å². The Hall–Kier alpha value is -0.400. The van der Waals surface area contributed by atoms with Crippen LogP contribution in [0.5, 0.6) is 0 Å². The molecule has 0 aromatic carbocycles. The Morgan fingerprint density at radius 2 is 1.82 bits per heavy atom. The van der Waals surface area contributed by atoms with E-state index in [1.165, 1.54) is 0 Å². The molecular weight excluding hydrogens is 143 g/mol. The van der Waals surface area contributed by atoms with Gasteiger partial charge in [-0.2, -0.15) is 0 Å². The molecule has 0 spiro atoms. The fourth-order valence-corrected chi connectivity index (χ4v) is 3.37. The van der Waals surface area contributed by atoms with Crippen molar-refractivity contribution in [3.63, 3.8) is 0 Å². The zero-order chi connectivity index (χ0) is 7.64. The monoisotopic (exact) mass is 154 g/mol. The van der Waals surface area contributed by atoms with Crippen LogP contribution in [0.2, 0.25) is 0 Å². The molecule has 0 heterocycles. The number of hydrogen-bond donors (Lipinski definition) is 0. The van der Waals surface area contributed by atoms with Gasteiger partial charge in [0.2, 0.25) is 0 Å². The number of hydrogen-bond acceptors (Lipinski definition) is 1. The van der Waals surface area contributed by atoms with Crippen molar-refractivity contribution in [2.24, 2.45) is 17.8 Å². The summed E-state index contributed by atoms with van der Waals surface area (Å²) in [5.41, 5.74) is -0.913. The first-order valence-electron chi connectivity index (χ1n) is 4.42. The van der Waals surface area contributed by atoms with E-state index >= 15 is 0 Å². The van der Waals surface area contributed by atoms with Crippen molar-refractivity contribution < 1.29 is 9.18 Å². The van der Waals surface area contributed by atoms with Crippen LogP contribution < -0.4 is 0 Å². The number of carbonyl (C=O) groups is 1. The maximum absolute atomic E-state index is 13.8. The molecule has 2 heteroatoms. The van der Waals surface area contributed by atoms with E-state index in [4.69, 9.17) is 0 Å². The predicted molar refractivity (Wildman–Crippen MR) is 37.8 cm³/mol. The van der Waals surface area contributed by atoms with Gasteiger partial charge >= 0.3 is 0 Å². The van der Waals surface area contributed by atoms with Crippen molar-refractivity contribution >= 4 is 5.78 Å². The third kappa shape index (κ3) is 0.555. The van der Waals surface area contributed by atoms with Crippen molar-refractivity contribution in [1.82, 2.24) is 0 Å². The number of rotatable bonds is 0. The highest BCUT2D eigenvalue weighted by atomic mass is 19.1. The van der Waals surface area contributed by atoms with E-state index in [0.717, 1.165) is 12.8 Å². The van der Waals surface area contributed by atoms with Gasteiger partial charge in [-0.15, -0.1) is 0 Å². The second kappa shape index (κ2) is 1.52. The second-order valence-electron chi connectivity index (χ2n) is 4.41. The van der Waals surface area contributed by atoms with Crippen LogP contribution in [0.1, 0.15) is 25.7 Å². The Balaban J connectivity index is 2.08. The van der Waals surface area contributed by atoms with Crippen LogP contribution in [0, 0.1) is 17.8 Å². The quantitative estimate of drug-likeness (QED) is 0.519. The average molecular weight is 154 g/mol. The normalized spacial score (nSPS) is 59.4. The summed E-state index contributed by atoms with van der Waals surface area (Å²) in [6.45, 7) is 0. The molecule has 4 bridgehead atoms. The molecule has 0 saturated heterocycles. The smallest absolute Gasteiger partial charge is 0.139 e. The molecule has 4 saturated carbocycles. The minimum Gasteiger partial charge on any atom is -0.299 e. The van der Waals surface area contributed by atoms with Crippen LogP contribution in [0.25, 0.3) is 0 Å². The topological polar surface area (TPSA) is 17.1 Å². The van der Waals surface area contributed by atoms with E-state index in [9.17, 15) is 9.18 Å². The highest BCUT2D eigenvalue weighted by Gasteiger charge is 2.62. The molecule has 0 N–H and O–H groups in total. The summed E-state index contributed by atoms with van der Waals surface area (Å²) in [7, 11) is 0. The minimum atomic E-state index is -0.913. The van der Waals surface area contributed by atoms with Gasteiger partial charge in [-0.3, -0.25) is 4.79 Å². The molecule has 2 unspecified atom stereocenters. The molecule has 0 aliphatic heterocycles.